The van der Waals surface area contributed by atoms with Crippen LogP contribution in [0, 0.1) is 17.8 Å². The highest BCUT2D eigenvalue weighted by atomic mass is 16.6. The molecule has 4 bridgehead atoms. The van der Waals surface area contributed by atoms with E-state index in [2.05, 4.69) is 20.6 Å². The number of nitrogens with one attached hydrogen (secondary N) is 2. The van der Waals surface area contributed by atoms with Gasteiger partial charge in [0.15, 0.2) is 0 Å². The van der Waals surface area contributed by atoms with Crippen LogP contribution < -0.4 is 21.3 Å². The predicted octanol–water partition coefficient (Wildman–Crippen LogP) is 2.02. The minimum atomic E-state index is -0.708. The van der Waals surface area contributed by atoms with Crippen LogP contribution >= 0.6 is 0 Å². The molecule has 0 spiro atoms. The molecule has 5 aliphatic rings. The van der Waals surface area contributed by atoms with Crippen LogP contribution in [0.5, 0.6) is 0 Å². The summed E-state index contributed by atoms with van der Waals surface area (Å²) in [6, 6.07) is 0.0349. The van der Waals surface area contributed by atoms with Crippen molar-refractivity contribution in [1.29, 1.82) is 0 Å². The standard InChI is InChI=1S/C26H40N6O6/c1-25(2,30-24(35)36-3)4-5-32-22(31-6-8-37-9-7-31)19(15-28-32)21(33)29-20-17-10-16-11-18(20)14-26(12-16,13-17)38-23(27)34/h15-18,20H,4-14H2,1-3H3,(H2,27,34)(H,29,33)(H,30,35). The Labute approximate surface area is 222 Å². The first kappa shape index (κ1) is 26.6. The van der Waals surface area contributed by atoms with Gasteiger partial charge in [0.25, 0.3) is 5.91 Å². The Morgan fingerprint density at radius 2 is 1.87 bits per heavy atom. The van der Waals surface area contributed by atoms with Gasteiger partial charge in [-0.05, 0) is 70.1 Å². The van der Waals surface area contributed by atoms with E-state index in [4.69, 9.17) is 19.9 Å². The quantitative estimate of drug-likeness (QED) is 0.460. The van der Waals surface area contributed by atoms with E-state index < -0.39 is 23.3 Å². The molecule has 4 N–H and O–H groups in total. The minimum Gasteiger partial charge on any atom is -0.453 e. The van der Waals surface area contributed by atoms with E-state index in [1.807, 2.05) is 18.5 Å². The largest absolute Gasteiger partial charge is 0.453 e. The topological polar surface area (TPSA) is 150 Å². The van der Waals surface area contributed by atoms with Crippen LogP contribution in [0.4, 0.5) is 15.4 Å². The lowest BCUT2D eigenvalue weighted by molar-refractivity contribution is -0.137. The number of hydrogen-bond acceptors (Lipinski definition) is 8. The van der Waals surface area contributed by atoms with Crippen molar-refractivity contribution in [3.8, 4) is 0 Å². The molecule has 0 aromatic carbocycles. The molecule has 38 heavy (non-hydrogen) atoms. The third-order valence-corrected chi connectivity index (χ3v) is 8.77. The summed E-state index contributed by atoms with van der Waals surface area (Å²) in [5.74, 6) is 1.67. The number of carbonyl (C=O) groups is 3. The lowest BCUT2D eigenvalue weighted by Gasteiger charge is -2.58. The average Bonchev–Trinajstić information content (AvgIpc) is 3.28. The summed E-state index contributed by atoms with van der Waals surface area (Å²) in [5.41, 5.74) is 4.95. The van der Waals surface area contributed by atoms with Crippen molar-refractivity contribution in [2.45, 2.75) is 76.1 Å². The molecule has 12 heteroatoms. The van der Waals surface area contributed by atoms with Gasteiger partial charge in [0.05, 0.1) is 26.5 Å². The molecule has 2 atom stereocenters. The summed E-state index contributed by atoms with van der Waals surface area (Å²) in [6.45, 7) is 6.86. The summed E-state index contributed by atoms with van der Waals surface area (Å²) in [5, 5.41) is 10.8. The van der Waals surface area contributed by atoms with Crippen molar-refractivity contribution < 1.29 is 28.6 Å². The Kier molecular flexibility index (Phi) is 7.19. The summed E-state index contributed by atoms with van der Waals surface area (Å²) in [4.78, 5) is 39.2. The normalized spacial score (nSPS) is 30.1. The summed E-state index contributed by atoms with van der Waals surface area (Å²) >= 11 is 0. The number of rotatable bonds is 8. The maximum atomic E-state index is 13.8. The van der Waals surface area contributed by atoms with E-state index in [9.17, 15) is 14.4 Å². The van der Waals surface area contributed by atoms with Crippen LogP contribution in [0.1, 0.15) is 62.7 Å². The second kappa shape index (κ2) is 10.3. The molecule has 6 rings (SSSR count). The first-order valence-electron chi connectivity index (χ1n) is 13.6. The van der Waals surface area contributed by atoms with Gasteiger partial charge in [-0.2, -0.15) is 5.10 Å². The monoisotopic (exact) mass is 532 g/mol. The van der Waals surface area contributed by atoms with E-state index in [0.717, 1.165) is 37.9 Å². The number of aromatic nitrogens is 2. The number of anilines is 1. The van der Waals surface area contributed by atoms with E-state index >= 15 is 0 Å². The molecule has 1 aliphatic heterocycles. The van der Waals surface area contributed by atoms with Gasteiger partial charge in [-0.25, -0.2) is 14.3 Å². The predicted molar refractivity (Wildman–Crippen MR) is 138 cm³/mol. The molecule has 4 aliphatic carbocycles. The van der Waals surface area contributed by atoms with Gasteiger partial charge in [0.1, 0.15) is 17.0 Å². The molecule has 5 fully saturated rings. The van der Waals surface area contributed by atoms with Gasteiger partial charge in [0, 0.05) is 31.2 Å². The number of nitrogens with zero attached hydrogens (tertiary/aromatic N) is 3. The summed E-state index contributed by atoms with van der Waals surface area (Å²) < 4.78 is 17.8. The van der Waals surface area contributed by atoms with Crippen molar-refractivity contribution in [3.05, 3.63) is 11.8 Å². The van der Waals surface area contributed by atoms with Gasteiger partial charge in [0.2, 0.25) is 0 Å². The van der Waals surface area contributed by atoms with Crippen LogP contribution in [0.25, 0.3) is 0 Å². The number of alkyl carbamates (subject to hydrolysis) is 1. The smallest absolute Gasteiger partial charge is 0.407 e. The molecular weight excluding hydrogens is 492 g/mol. The molecule has 12 nitrogen and oxygen atoms in total. The fourth-order valence-electron chi connectivity index (χ4n) is 7.34. The van der Waals surface area contributed by atoms with E-state index in [-0.39, 0.29) is 23.8 Å². The summed E-state index contributed by atoms with van der Waals surface area (Å²) in [6.07, 6.45) is 5.47. The third-order valence-electron chi connectivity index (χ3n) is 8.77. The Hall–Kier alpha value is -3.02. The van der Waals surface area contributed by atoms with E-state index in [1.54, 1.807) is 6.20 Å². The minimum absolute atomic E-state index is 0.0349. The Morgan fingerprint density at radius 1 is 1.18 bits per heavy atom. The van der Waals surface area contributed by atoms with Crippen molar-refractivity contribution in [2.75, 3.05) is 38.3 Å². The highest BCUT2D eigenvalue weighted by molar-refractivity contribution is 5.99. The molecule has 1 aromatic rings. The van der Waals surface area contributed by atoms with Gasteiger partial charge in [-0.1, -0.05) is 0 Å². The molecule has 3 amide bonds. The number of carbonyl (C=O) groups excluding carboxylic acids is 3. The van der Waals surface area contributed by atoms with Crippen molar-refractivity contribution in [3.63, 3.8) is 0 Å². The third kappa shape index (κ3) is 5.41. The number of nitrogens with two attached hydrogens (primary N) is 1. The Balaban J connectivity index is 1.32. The molecular formula is C26H40N6O6. The number of aryl methyl sites for hydroxylation is 1. The fraction of sp³-hybridized carbons (Fsp3) is 0.769. The zero-order valence-corrected chi connectivity index (χ0v) is 22.5. The molecule has 1 aromatic heterocycles. The first-order valence-corrected chi connectivity index (χ1v) is 13.6. The SMILES string of the molecule is COC(=O)NC(C)(C)CCn1ncc(C(=O)NC2C3CC4CC2CC(OC(N)=O)(C4)C3)c1N1CCOCC1. The van der Waals surface area contributed by atoms with Gasteiger partial charge in [-0.15, -0.1) is 0 Å². The number of ether oxygens (including phenoxy) is 3. The number of hydrogen-bond donors (Lipinski definition) is 3. The zero-order chi connectivity index (χ0) is 27.1. The van der Waals surface area contributed by atoms with Crippen molar-refractivity contribution in [2.24, 2.45) is 23.5 Å². The number of methoxy groups -OCH3 is 1. The van der Waals surface area contributed by atoms with E-state index in [0.29, 0.717) is 50.8 Å². The zero-order valence-electron chi connectivity index (χ0n) is 22.5. The average molecular weight is 533 g/mol. The first-order chi connectivity index (χ1) is 18.1. The number of primary amides is 1. The Morgan fingerprint density at radius 3 is 2.50 bits per heavy atom. The van der Waals surface area contributed by atoms with Crippen LogP contribution in [0.3, 0.4) is 0 Å². The lowest BCUT2D eigenvalue weighted by Crippen LogP contribution is -2.63. The fourth-order valence-corrected chi connectivity index (χ4v) is 7.34. The molecule has 1 saturated heterocycles. The Bertz CT molecular complexity index is 1050. The van der Waals surface area contributed by atoms with Crippen LogP contribution in [0.15, 0.2) is 6.20 Å². The van der Waals surface area contributed by atoms with Crippen LogP contribution in [-0.2, 0) is 20.8 Å². The van der Waals surface area contributed by atoms with E-state index in [1.165, 1.54) is 7.11 Å². The lowest BCUT2D eigenvalue weighted by atomic mass is 9.52. The maximum absolute atomic E-state index is 13.8. The van der Waals surface area contributed by atoms with Crippen molar-refractivity contribution in [1.82, 2.24) is 20.4 Å². The number of amides is 3. The van der Waals surface area contributed by atoms with Crippen LogP contribution in [-0.4, -0.2) is 78.5 Å². The summed E-state index contributed by atoms with van der Waals surface area (Å²) in [7, 11) is 1.34. The van der Waals surface area contributed by atoms with Gasteiger partial charge < -0.3 is 35.5 Å². The molecule has 2 unspecified atom stereocenters. The van der Waals surface area contributed by atoms with Crippen molar-refractivity contribution >= 4 is 23.9 Å². The molecule has 0 radical (unpaired) electrons. The second-order valence-corrected chi connectivity index (χ2v) is 12.0. The van der Waals surface area contributed by atoms with Gasteiger partial charge in [-0.3, -0.25) is 4.79 Å². The highest BCUT2D eigenvalue weighted by Crippen LogP contribution is 2.57. The molecule has 210 valence electrons. The van der Waals surface area contributed by atoms with Crippen LogP contribution in [0.2, 0.25) is 0 Å². The molecule has 4 saturated carbocycles. The van der Waals surface area contributed by atoms with Gasteiger partial charge >= 0.3 is 12.2 Å². The number of morpholine rings is 1. The second-order valence-electron chi connectivity index (χ2n) is 12.0. The maximum Gasteiger partial charge on any atom is 0.407 e. The highest BCUT2D eigenvalue weighted by Gasteiger charge is 2.57. The molecule has 2 heterocycles.